The number of carbonyl (C=O) groups excluding carboxylic acids is 1. The summed E-state index contributed by atoms with van der Waals surface area (Å²) in [6.45, 7) is 3.16. The highest BCUT2D eigenvalue weighted by Crippen LogP contribution is 2.08. The molecule has 0 spiro atoms. The number of hydrogen-bond donors (Lipinski definition) is 1. The third-order valence-electron chi connectivity index (χ3n) is 1.30. The molecule has 1 heterocycles. The molecule has 1 saturated heterocycles. The lowest BCUT2D eigenvalue weighted by molar-refractivity contribution is -0.160. The van der Waals surface area contributed by atoms with Crippen LogP contribution in [0.2, 0.25) is 0 Å². The van der Waals surface area contributed by atoms with E-state index in [1.54, 1.807) is 13.8 Å². The van der Waals surface area contributed by atoms with Crippen LogP contribution in [-0.4, -0.2) is 24.1 Å². The molecule has 0 amide bonds. The lowest BCUT2D eigenvalue weighted by Gasteiger charge is -2.24. The molecule has 1 aliphatic heterocycles. The third-order valence-corrected chi connectivity index (χ3v) is 1.30. The van der Waals surface area contributed by atoms with E-state index >= 15 is 0 Å². The van der Waals surface area contributed by atoms with E-state index in [4.69, 9.17) is 14.9 Å². The van der Waals surface area contributed by atoms with Crippen LogP contribution in [0.5, 0.6) is 0 Å². The molecule has 1 aliphatic rings. The molecule has 0 aromatic rings. The first-order chi connectivity index (χ1) is 4.61. The highest BCUT2D eigenvalue weighted by molar-refractivity contribution is 5.88. The van der Waals surface area contributed by atoms with Crippen LogP contribution in [0.15, 0.2) is 0 Å². The second-order valence-electron chi connectivity index (χ2n) is 2.20. The zero-order valence-electron chi connectivity index (χ0n) is 5.88. The summed E-state index contributed by atoms with van der Waals surface area (Å²) in [7, 11) is 0. The zero-order valence-corrected chi connectivity index (χ0v) is 5.88. The first-order valence-electron chi connectivity index (χ1n) is 3.07. The van der Waals surface area contributed by atoms with Crippen LogP contribution in [0.1, 0.15) is 13.8 Å². The fourth-order valence-corrected chi connectivity index (χ4v) is 0.658. The van der Waals surface area contributed by atoms with Gasteiger partial charge in [-0.25, -0.2) is 4.79 Å². The van der Waals surface area contributed by atoms with E-state index in [0.717, 1.165) is 0 Å². The van der Waals surface area contributed by atoms with Crippen molar-refractivity contribution in [1.29, 1.82) is 5.41 Å². The minimum Gasteiger partial charge on any atom is -0.463 e. The second kappa shape index (κ2) is 2.28. The van der Waals surface area contributed by atoms with Crippen molar-refractivity contribution in [2.24, 2.45) is 0 Å². The Balaban J connectivity index is 2.63. The Morgan fingerprint density at radius 3 is 2.40 bits per heavy atom. The van der Waals surface area contributed by atoms with Gasteiger partial charge in [-0.2, -0.15) is 0 Å². The molecule has 56 valence electrons. The average molecular weight is 143 g/mol. The molecule has 2 unspecified atom stereocenters. The molecule has 0 aromatic carbocycles. The van der Waals surface area contributed by atoms with Crippen LogP contribution in [-0.2, 0) is 14.3 Å². The molecule has 4 heteroatoms. The van der Waals surface area contributed by atoms with Gasteiger partial charge >= 0.3 is 5.97 Å². The van der Waals surface area contributed by atoms with Crippen LogP contribution in [0.3, 0.4) is 0 Å². The van der Waals surface area contributed by atoms with Gasteiger partial charge < -0.3 is 9.47 Å². The van der Waals surface area contributed by atoms with Gasteiger partial charge in [0.05, 0.1) is 0 Å². The highest BCUT2D eigenvalue weighted by Gasteiger charge is 2.29. The van der Waals surface area contributed by atoms with Crippen LogP contribution in [0.25, 0.3) is 0 Å². The summed E-state index contributed by atoms with van der Waals surface area (Å²) < 4.78 is 9.54. The minimum atomic E-state index is -0.622. The monoisotopic (exact) mass is 143 g/mol. The number of ether oxygens (including phenoxy) is 2. The van der Waals surface area contributed by atoms with E-state index in [-0.39, 0.29) is 5.90 Å². The lowest BCUT2D eigenvalue weighted by Crippen LogP contribution is -2.40. The summed E-state index contributed by atoms with van der Waals surface area (Å²) in [6, 6.07) is 0. The molecule has 10 heavy (non-hydrogen) atoms. The van der Waals surface area contributed by atoms with Crippen molar-refractivity contribution < 1.29 is 14.3 Å². The first kappa shape index (κ1) is 7.05. The number of nitrogens with one attached hydrogen (secondary N) is 1. The maximum absolute atomic E-state index is 10.7. The molecule has 0 aromatic heterocycles. The Labute approximate surface area is 58.6 Å². The van der Waals surface area contributed by atoms with Crippen LogP contribution in [0, 0.1) is 5.41 Å². The summed E-state index contributed by atoms with van der Waals surface area (Å²) >= 11 is 0. The molecule has 0 saturated carbocycles. The van der Waals surface area contributed by atoms with Gasteiger partial charge in [-0.15, -0.1) is 0 Å². The Hall–Kier alpha value is -1.06. The topological polar surface area (TPSA) is 59.4 Å². The zero-order chi connectivity index (χ0) is 7.72. The van der Waals surface area contributed by atoms with Crippen LogP contribution < -0.4 is 0 Å². The number of hydrogen-bond acceptors (Lipinski definition) is 4. The van der Waals surface area contributed by atoms with Crippen molar-refractivity contribution in [1.82, 2.24) is 0 Å². The lowest BCUT2D eigenvalue weighted by atomic mass is 10.3. The normalized spacial score (nSPS) is 33.0. The first-order valence-corrected chi connectivity index (χ1v) is 3.07. The highest BCUT2D eigenvalue weighted by atomic mass is 16.6. The molecular weight excluding hydrogens is 134 g/mol. The standard InChI is InChI=1S/C6H9NO3/c1-3-5(7)9-4(2)6(8)10-3/h3-4,7H,1-2H3. The summed E-state index contributed by atoms with van der Waals surface area (Å²) in [5, 5.41) is 7.12. The maximum atomic E-state index is 10.7. The summed E-state index contributed by atoms with van der Waals surface area (Å²) in [5.74, 6) is -0.379. The van der Waals surface area contributed by atoms with Gasteiger partial charge in [0.2, 0.25) is 5.90 Å². The van der Waals surface area contributed by atoms with Crippen molar-refractivity contribution in [2.45, 2.75) is 26.1 Å². The molecule has 1 rings (SSSR count). The second-order valence-corrected chi connectivity index (χ2v) is 2.20. The number of cyclic esters (lactones) is 1. The molecule has 1 fully saturated rings. The summed E-state index contributed by atoms with van der Waals surface area (Å²) in [4.78, 5) is 10.7. The average Bonchev–Trinajstić information content (AvgIpc) is 1.84. The quantitative estimate of drug-likeness (QED) is 0.496. The van der Waals surface area contributed by atoms with E-state index in [0.29, 0.717) is 0 Å². The van der Waals surface area contributed by atoms with Crippen molar-refractivity contribution in [3.8, 4) is 0 Å². The Bertz CT molecular complexity index is 158. The number of carbonyl (C=O) groups is 1. The Morgan fingerprint density at radius 2 is 1.90 bits per heavy atom. The molecular formula is C6H9NO3. The van der Waals surface area contributed by atoms with Crippen molar-refractivity contribution in [3.05, 3.63) is 0 Å². The number of rotatable bonds is 0. The van der Waals surface area contributed by atoms with Crippen molar-refractivity contribution >= 4 is 11.9 Å². The van der Waals surface area contributed by atoms with Gasteiger partial charge in [0.15, 0.2) is 12.2 Å². The SMILES string of the molecule is CC1OC(=O)C(C)OC1=N. The largest absolute Gasteiger partial charge is 0.463 e. The summed E-state index contributed by atoms with van der Waals surface area (Å²) in [5.41, 5.74) is 0. The van der Waals surface area contributed by atoms with Gasteiger partial charge in [-0.05, 0) is 13.8 Å². The third kappa shape index (κ3) is 1.10. The van der Waals surface area contributed by atoms with Gasteiger partial charge in [-0.3, -0.25) is 5.41 Å². The number of esters is 1. The van der Waals surface area contributed by atoms with E-state index in [9.17, 15) is 4.79 Å². The minimum absolute atomic E-state index is 0.0205. The summed E-state index contributed by atoms with van der Waals surface area (Å²) in [6.07, 6.45) is -1.15. The molecule has 0 bridgehead atoms. The predicted molar refractivity (Wildman–Crippen MR) is 33.8 cm³/mol. The fourth-order valence-electron chi connectivity index (χ4n) is 0.658. The van der Waals surface area contributed by atoms with Gasteiger partial charge in [0.1, 0.15) is 0 Å². The Kier molecular flexibility index (Phi) is 1.61. The van der Waals surface area contributed by atoms with Gasteiger partial charge in [0.25, 0.3) is 0 Å². The maximum Gasteiger partial charge on any atom is 0.347 e. The molecule has 4 nitrogen and oxygen atoms in total. The van der Waals surface area contributed by atoms with Gasteiger partial charge in [0, 0.05) is 0 Å². The molecule has 0 radical (unpaired) electrons. The Morgan fingerprint density at radius 1 is 1.30 bits per heavy atom. The molecule has 2 atom stereocenters. The van der Waals surface area contributed by atoms with Crippen LogP contribution in [0.4, 0.5) is 0 Å². The molecule has 0 aliphatic carbocycles. The smallest absolute Gasteiger partial charge is 0.347 e. The van der Waals surface area contributed by atoms with Crippen molar-refractivity contribution in [3.63, 3.8) is 0 Å². The van der Waals surface area contributed by atoms with Crippen LogP contribution >= 0.6 is 0 Å². The van der Waals surface area contributed by atoms with E-state index in [1.165, 1.54) is 0 Å². The van der Waals surface area contributed by atoms with E-state index in [1.807, 2.05) is 0 Å². The molecule has 1 N–H and O–H groups in total. The fraction of sp³-hybridized carbons (Fsp3) is 0.667. The van der Waals surface area contributed by atoms with E-state index in [2.05, 4.69) is 0 Å². The van der Waals surface area contributed by atoms with Crippen molar-refractivity contribution in [2.75, 3.05) is 0 Å². The predicted octanol–water partition coefficient (Wildman–Crippen LogP) is 0.314. The van der Waals surface area contributed by atoms with Gasteiger partial charge in [-0.1, -0.05) is 0 Å². The van der Waals surface area contributed by atoms with E-state index < -0.39 is 18.2 Å².